The van der Waals surface area contributed by atoms with Crippen LogP contribution in [-0.4, -0.2) is 54.9 Å². The van der Waals surface area contributed by atoms with Crippen molar-refractivity contribution in [3.05, 3.63) is 0 Å². The zero-order valence-corrected chi connectivity index (χ0v) is 10.6. The minimum atomic E-state index is 0.365. The van der Waals surface area contributed by atoms with Crippen molar-refractivity contribution in [1.29, 1.82) is 0 Å². The van der Waals surface area contributed by atoms with Gasteiger partial charge < -0.3 is 4.90 Å². The average molecular weight is 224 g/mol. The van der Waals surface area contributed by atoms with Crippen molar-refractivity contribution < 1.29 is 4.79 Å². The molecule has 92 valence electrons. The van der Waals surface area contributed by atoms with E-state index in [0.29, 0.717) is 11.7 Å². The molecular formula is C13H24N2O. The summed E-state index contributed by atoms with van der Waals surface area (Å²) in [6.07, 6.45) is 4.70. The van der Waals surface area contributed by atoms with Crippen molar-refractivity contribution in [2.45, 2.75) is 38.6 Å². The number of hydrogen-bond donors (Lipinski definition) is 0. The minimum absolute atomic E-state index is 0.365. The van der Waals surface area contributed by atoms with E-state index in [9.17, 15) is 4.79 Å². The summed E-state index contributed by atoms with van der Waals surface area (Å²) in [5.74, 6) is 0.764. The molecule has 2 fully saturated rings. The monoisotopic (exact) mass is 224 g/mol. The van der Waals surface area contributed by atoms with Crippen molar-refractivity contribution in [3.63, 3.8) is 0 Å². The second-order valence-electron chi connectivity index (χ2n) is 5.46. The van der Waals surface area contributed by atoms with Gasteiger partial charge in [-0.3, -0.25) is 9.69 Å². The number of Topliss-reactive ketones (excluding diaryl/α,β-unsaturated/α-hetero) is 1. The van der Waals surface area contributed by atoms with Crippen molar-refractivity contribution in [1.82, 2.24) is 9.80 Å². The number of piperazine rings is 1. The molecule has 2 rings (SSSR count). The number of ketones is 1. The average Bonchev–Trinajstić information content (AvgIpc) is 2.30. The standard InChI is InChI=1S/C13H24N2O/c1-11(16)12-3-5-13(6-4-12)15-9-7-14(2)8-10-15/h12-13H,3-10H2,1-2H3. The first-order valence-corrected chi connectivity index (χ1v) is 6.60. The number of nitrogens with zero attached hydrogens (tertiary/aromatic N) is 2. The number of carbonyl (C=O) groups excluding carboxylic acids is 1. The third kappa shape index (κ3) is 2.83. The largest absolute Gasteiger partial charge is 0.304 e. The van der Waals surface area contributed by atoms with Crippen LogP contribution in [0.1, 0.15) is 32.6 Å². The number of hydrogen-bond acceptors (Lipinski definition) is 3. The first-order valence-electron chi connectivity index (χ1n) is 6.60. The summed E-state index contributed by atoms with van der Waals surface area (Å²) < 4.78 is 0. The van der Waals surface area contributed by atoms with Gasteiger partial charge in [-0.15, -0.1) is 0 Å². The molecule has 0 spiro atoms. The molecule has 0 unspecified atom stereocenters. The van der Waals surface area contributed by atoms with Crippen molar-refractivity contribution >= 4 is 5.78 Å². The summed E-state index contributed by atoms with van der Waals surface area (Å²) >= 11 is 0. The van der Waals surface area contributed by atoms with E-state index in [4.69, 9.17) is 0 Å². The van der Waals surface area contributed by atoms with Crippen LogP contribution in [0, 0.1) is 5.92 Å². The molecule has 3 heteroatoms. The molecule has 0 aromatic carbocycles. The van der Waals surface area contributed by atoms with Crippen LogP contribution in [0.2, 0.25) is 0 Å². The molecular weight excluding hydrogens is 200 g/mol. The Morgan fingerprint density at radius 2 is 1.56 bits per heavy atom. The van der Waals surface area contributed by atoms with E-state index in [-0.39, 0.29) is 0 Å². The van der Waals surface area contributed by atoms with E-state index < -0.39 is 0 Å². The zero-order chi connectivity index (χ0) is 11.5. The molecule has 0 radical (unpaired) electrons. The maximum Gasteiger partial charge on any atom is 0.132 e. The van der Waals surface area contributed by atoms with Crippen LogP contribution in [0.5, 0.6) is 0 Å². The van der Waals surface area contributed by atoms with Crippen molar-refractivity contribution in [2.24, 2.45) is 5.92 Å². The van der Waals surface area contributed by atoms with E-state index in [2.05, 4.69) is 16.8 Å². The SMILES string of the molecule is CC(=O)C1CCC(N2CCN(C)CC2)CC1. The van der Waals surface area contributed by atoms with Gasteiger partial charge in [0.05, 0.1) is 0 Å². The van der Waals surface area contributed by atoms with E-state index >= 15 is 0 Å². The first-order chi connectivity index (χ1) is 7.66. The topological polar surface area (TPSA) is 23.6 Å². The van der Waals surface area contributed by atoms with E-state index in [1.807, 2.05) is 0 Å². The Kier molecular flexibility index (Phi) is 3.98. The minimum Gasteiger partial charge on any atom is -0.304 e. The van der Waals surface area contributed by atoms with Gasteiger partial charge in [-0.25, -0.2) is 0 Å². The van der Waals surface area contributed by atoms with Crippen molar-refractivity contribution in [3.8, 4) is 0 Å². The summed E-state index contributed by atoms with van der Waals surface area (Å²) in [7, 11) is 2.20. The lowest BCUT2D eigenvalue weighted by Crippen LogP contribution is -2.50. The van der Waals surface area contributed by atoms with Gasteiger partial charge in [0, 0.05) is 38.1 Å². The van der Waals surface area contributed by atoms with Gasteiger partial charge in [-0.1, -0.05) is 0 Å². The Bertz CT molecular complexity index is 238. The highest BCUT2D eigenvalue weighted by Crippen LogP contribution is 2.28. The molecule has 1 heterocycles. The molecule has 0 N–H and O–H groups in total. The molecule has 1 aliphatic carbocycles. The fraction of sp³-hybridized carbons (Fsp3) is 0.923. The molecule has 2 aliphatic rings. The molecule has 1 saturated carbocycles. The third-order valence-corrected chi connectivity index (χ3v) is 4.33. The summed E-state index contributed by atoms with van der Waals surface area (Å²) in [6, 6.07) is 0.754. The second kappa shape index (κ2) is 5.28. The maximum absolute atomic E-state index is 11.3. The fourth-order valence-corrected chi connectivity index (χ4v) is 3.03. The van der Waals surface area contributed by atoms with Crippen LogP contribution in [0.25, 0.3) is 0 Å². The highest BCUT2D eigenvalue weighted by molar-refractivity contribution is 5.78. The normalized spacial score (nSPS) is 33.9. The van der Waals surface area contributed by atoms with Gasteiger partial charge in [-0.2, -0.15) is 0 Å². The van der Waals surface area contributed by atoms with E-state index in [0.717, 1.165) is 18.9 Å². The van der Waals surface area contributed by atoms with E-state index in [1.165, 1.54) is 39.0 Å². The van der Waals surface area contributed by atoms with Crippen molar-refractivity contribution in [2.75, 3.05) is 33.2 Å². The lowest BCUT2D eigenvalue weighted by atomic mass is 9.83. The Balaban J connectivity index is 1.78. The Morgan fingerprint density at radius 1 is 1.00 bits per heavy atom. The molecule has 1 aliphatic heterocycles. The quantitative estimate of drug-likeness (QED) is 0.708. The van der Waals surface area contributed by atoms with Crippen LogP contribution >= 0.6 is 0 Å². The van der Waals surface area contributed by atoms with Crippen LogP contribution in [0.4, 0.5) is 0 Å². The number of carbonyl (C=O) groups is 1. The van der Waals surface area contributed by atoms with Gasteiger partial charge in [0.25, 0.3) is 0 Å². The highest BCUT2D eigenvalue weighted by Gasteiger charge is 2.28. The van der Waals surface area contributed by atoms with Crippen LogP contribution in [-0.2, 0) is 4.79 Å². The molecule has 0 atom stereocenters. The lowest BCUT2D eigenvalue weighted by molar-refractivity contribution is -0.122. The summed E-state index contributed by atoms with van der Waals surface area (Å²) in [4.78, 5) is 16.3. The first kappa shape index (κ1) is 12.1. The predicted octanol–water partition coefficient (Wildman–Crippen LogP) is 1.38. The second-order valence-corrected chi connectivity index (χ2v) is 5.46. The number of rotatable bonds is 2. The Morgan fingerprint density at radius 3 is 2.06 bits per heavy atom. The van der Waals surface area contributed by atoms with Gasteiger partial charge in [0.1, 0.15) is 5.78 Å². The van der Waals surface area contributed by atoms with Gasteiger partial charge in [0.15, 0.2) is 0 Å². The summed E-state index contributed by atoms with van der Waals surface area (Å²) in [6.45, 7) is 6.58. The molecule has 16 heavy (non-hydrogen) atoms. The fourth-order valence-electron chi connectivity index (χ4n) is 3.03. The predicted molar refractivity (Wildman–Crippen MR) is 65.5 cm³/mol. The number of likely N-dealkylation sites (N-methyl/N-ethyl adjacent to an activating group) is 1. The molecule has 0 amide bonds. The summed E-state index contributed by atoms with van der Waals surface area (Å²) in [5, 5.41) is 0. The lowest BCUT2D eigenvalue weighted by Gasteiger charge is -2.40. The Labute approximate surface area is 98.8 Å². The molecule has 3 nitrogen and oxygen atoms in total. The van der Waals surface area contributed by atoms with E-state index in [1.54, 1.807) is 6.92 Å². The van der Waals surface area contributed by atoms with Gasteiger partial charge >= 0.3 is 0 Å². The molecule has 0 bridgehead atoms. The molecule has 1 saturated heterocycles. The third-order valence-electron chi connectivity index (χ3n) is 4.33. The summed E-state index contributed by atoms with van der Waals surface area (Å²) in [5.41, 5.74) is 0. The molecule has 0 aromatic rings. The van der Waals surface area contributed by atoms with Crippen LogP contribution in [0.15, 0.2) is 0 Å². The van der Waals surface area contributed by atoms with Crippen LogP contribution < -0.4 is 0 Å². The zero-order valence-electron chi connectivity index (χ0n) is 10.6. The smallest absolute Gasteiger partial charge is 0.132 e. The van der Waals surface area contributed by atoms with Gasteiger partial charge in [0.2, 0.25) is 0 Å². The van der Waals surface area contributed by atoms with Crippen LogP contribution in [0.3, 0.4) is 0 Å². The highest BCUT2D eigenvalue weighted by atomic mass is 16.1. The Hall–Kier alpha value is -0.410. The molecule has 0 aromatic heterocycles. The van der Waals surface area contributed by atoms with Gasteiger partial charge in [-0.05, 0) is 39.7 Å². The maximum atomic E-state index is 11.3.